The maximum absolute atomic E-state index is 14.0. The predicted molar refractivity (Wildman–Crippen MR) is 102 cm³/mol. The molecule has 0 radical (unpaired) electrons. The summed E-state index contributed by atoms with van der Waals surface area (Å²) in [5.74, 6) is 1.40. The lowest BCUT2D eigenvalue weighted by Crippen LogP contribution is -2.41. The summed E-state index contributed by atoms with van der Waals surface area (Å²) >= 11 is 0. The molecule has 0 bridgehead atoms. The van der Waals surface area contributed by atoms with Crippen LogP contribution >= 0.6 is 0 Å². The molecule has 26 heavy (non-hydrogen) atoms. The van der Waals surface area contributed by atoms with Gasteiger partial charge in [-0.3, -0.25) is 0 Å². The SMILES string of the molecule is COc1ccc(CN=C(N)NCC(C)(C)c2ccccc2F)cc1OC. The summed E-state index contributed by atoms with van der Waals surface area (Å²) in [5.41, 5.74) is 7.12. The van der Waals surface area contributed by atoms with Crippen molar-refractivity contribution in [2.75, 3.05) is 20.8 Å². The Balaban J connectivity index is 1.99. The molecule has 0 aliphatic carbocycles. The van der Waals surface area contributed by atoms with E-state index < -0.39 is 5.41 Å². The van der Waals surface area contributed by atoms with Gasteiger partial charge in [-0.1, -0.05) is 38.1 Å². The Morgan fingerprint density at radius 2 is 1.81 bits per heavy atom. The van der Waals surface area contributed by atoms with E-state index in [1.807, 2.05) is 38.1 Å². The number of benzene rings is 2. The molecule has 0 atom stereocenters. The van der Waals surface area contributed by atoms with Gasteiger partial charge in [-0.25, -0.2) is 9.38 Å². The Morgan fingerprint density at radius 1 is 1.12 bits per heavy atom. The van der Waals surface area contributed by atoms with Crippen LogP contribution in [0, 0.1) is 5.82 Å². The number of nitrogens with one attached hydrogen (secondary N) is 1. The molecule has 0 saturated heterocycles. The summed E-state index contributed by atoms with van der Waals surface area (Å²) in [6.07, 6.45) is 0. The monoisotopic (exact) mass is 359 g/mol. The van der Waals surface area contributed by atoms with Crippen LogP contribution in [0.15, 0.2) is 47.5 Å². The molecule has 2 aromatic carbocycles. The van der Waals surface area contributed by atoms with E-state index in [0.717, 1.165) is 5.56 Å². The van der Waals surface area contributed by atoms with Gasteiger partial charge in [-0.15, -0.1) is 0 Å². The van der Waals surface area contributed by atoms with Gasteiger partial charge in [0.1, 0.15) is 5.82 Å². The Kier molecular flexibility index (Phi) is 6.44. The van der Waals surface area contributed by atoms with Crippen LogP contribution in [0.1, 0.15) is 25.0 Å². The second kappa shape index (κ2) is 8.56. The second-order valence-electron chi connectivity index (χ2n) is 6.61. The minimum Gasteiger partial charge on any atom is -0.493 e. The molecule has 0 spiro atoms. The number of hydrogen-bond donors (Lipinski definition) is 2. The zero-order valence-corrected chi connectivity index (χ0v) is 15.7. The van der Waals surface area contributed by atoms with E-state index in [-0.39, 0.29) is 5.82 Å². The van der Waals surface area contributed by atoms with Gasteiger partial charge in [0.25, 0.3) is 0 Å². The fourth-order valence-corrected chi connectivity index (χ4v) is 2.63. The van der Waals surface area contributed by atoms with Gasteiger partial charge in [0.15, 0.2) is 17.5 Å². The Morgan fingerprint density at radius 3 is 2.46 bits per heavy atom. The smallest absolute Gasteiger partial charge is 0.188 e. The zero-order valence-electron chi connectivity index (χ0n) is 15.7. The summed E-state index contributed by atoms with van der Waals surface area (Å²) in [5, 5.41) is 3.08. The van der Waals surface area contributed by atoms with Crippen LogP contribution in [0.4, 0.5) is 4.39 Å². The summed E-state index contributed by atoms with van der Waals surface area (Å²) < 4.78 is 24.5. The van der Waals surface area contributed by atoms with Gasteiger partial charge in [0.2, 0.25) is 0 Å². The summed E-state index contributed by atoms with van der Waals surface area (Å²) in [4.78, 5) is 4.34. The van der Waals surface area contributed by atoms with Crippen LogP contribution < -0.4 is 20.5 Å². The molecule has 3 N–H and O–H groups in total. The molecular weight excluding hydrogens is 333 g/mol. The molecule has 140 valence electrons. The van der Waals surface area contributed by atoms with Crippen LogP contribution in [-0.4, -0.2) is 26.7 Å². The topological polar surface area (TPSA) is 68.9 Å². The van der Waals surface area contributed by atoms with Crippen molar-refractivity contribution in [2.45, 2.75) is 25.8 Å². The van der Waals surface area contributed by atoms with E-state index in [1.54, 1.807) is 26.4 Å². The third-order valence-corrected chi connectivity index (χ3v) is 4.19. The van der Waals surface area contributed by atoms with Crippen molar-refractivity contribution in [1.29, 1.82) is 0 Å². The molecule has 0 fully saturated rings. The van der Waals surface area contributed by atoms with Crippen LogP contribution in [0.5, 0.6) is 11.5 Å². The van der Waals surface area contributed by atoms with Gasteiger partial charge in [-0.2, -0.15) is 0 Å². The van der Waals surface area contributed by atoms with Crippen molar-refractivity contribution in [3.8, 4) is 11.5 Å². The quantitative estimate of drug-likeness (QED) is 0.588. The number of halogens is 1. The minimum atomic E-state index is -0.422. The first-order valence-electron chi connectivity index (χ1n) is 8.37. The maximum Gasteiger partial charge on any atom is 0.188 e. The summed E-state index contributed by atoms with van der Waals surface area (Å²) in [7, 11) is 3.18. The zero-order chi connectivity index (χ0) is 19.2. The van der Waals surface area contributed by atoms with Gasteiger partial charge >= 0.3 is 0 Å². The van der Waals surface area contributed by atoms with Gasteiger partial charge < -0.3 is 20.5 Å². The average molecular weight is 359 g/mol. The van der Waals surface area contributed by atoms with Crippen molar-refractivity contribution < 1.29 is 13.9 Å². The van der Waals surface area contributed by atoms with E-state index >= 15 is 0 Å². The molecule has 0 aliphatic rings. The van der Waals surface area contributed by atoms with E-state index in [2.05, 4.69) is 10.3 Å². The first-order chi connectivity index (χ1) is 12.4. The van der Waals surface area contributed by atoms with Gasteiger partial charge in [0, 0.05) is 12.0 Å². The molecule has 0 saturated carbocycles. The fraction of sp³-hybridized carbons (Fsp3) is 0.350. The van der Waals surface area contributed by atoms with Gasteiger partial charge in [0.05, 0.1) is 20.8 Å². The minimum absolute atomic E-state index is 0.222. The number of ether oxygens (including phenoxy) is 2. The Bertz CT molecular complexity index is 775. The molecule has 0 amide bonds. The number of aliphatic imine (C=N–C) groups is 1. The molecule has 5 nitrogen and oxygen atoms in total. The highest BCUT2D eigenvalue weighted by atomic mass is 19.1. The highest BCUT2D eigenvalue weighted by Crippen LogP contribution is 2.28. The van der Waals surface area contributed by atoms with Crippen molar-refractivity contribution in [3.63, 3.8) is 0 Å². The highest BCUT2D eigenvalue weighted by molar-refractivity contribution is 5.78. The van der Waals surface area contributed by atoms with Crippen LogP contribution in [0.25, 0.3) is 0 Å². The van der Waals surface area contributed by atoms with Crippen molar-refractivity contribution in [2.24, 2.45) is 10.7 Å². The molecular formula is C20H26FN3O2. The first kappa shape index (κ1) is 19.6. The van der Waals surface area contributed by atoms with Crippen molar-refractivity contribution in [3.05, 3.63) is 59.4 Å². The average Bonchev–Trinajstić information content (AvgIpc) is 2.64. The number of nitrogens with zero attached hydrogens (tertiary/aromatic N) is 1. The number of hydrogen-bond acceptors (Lipinski definition) is 3. The third kappa shape index (κ3) is 4.88. The van der Waals surface area contributed by atoms with Crippen LogP contribution in [0.2, 0.25) is 0 Å². The van der Waals surface area contributed by atoms with E-state index in [9.17, 15) is 4.39 Å². The number of rotatable bonds is 7. The normalized spacial score (nSPS) is 12.0. The Hall–Kier alpha value is -2.76. The van der Waals surface area contributed by atoms with E-state index in [1.165, 1.54) is 6.07 Å². The molecule has 2 rings (SSSR count). The van der Waals surface area contributed by atoms with Crippen molar-refractivity contribution in [1.82, 2.24) is 5.32 Å². The maximum atomic E-state index is 14.0. The van der Waals surface area contributed by atoms with Crippen LogP contribution in [0.3, 0.4) is 0 Å². The lowest BCUT2D eigenvalue weighted by molar-refractivity contribution is 0.354. The lowest BCUT2D eigenvalue weighted by atomic mass is 9.84. The molecule has 2 aromatic rings. The third-order valence-electron chi connectivity index (χ3n) is 4.19. The number of nitrogens with two attached hydrogens (primary N) is 1. The number of methoxy groups -OCH3 is 2. The second-order valence-corrected chi connectivity index (χ2v) is 6.61. The molecule has 0 aromatic heterocycles. The summed E-state index contributed by atoms with van der Waals surface area (Å²) in [6.45, 7) is 4.79. The van der Waals surface area contributed by atoms with E-state index in [0.29, 0.717) is 36.1 Å². The van der Waals surface area contributed by atoms with E-state index in [4.69, 9.17) is 15.2 Å². The standard InChI is InChI=1S/C20H26FN3O2/c1-20(2,15-7-5-6-8-16(15)21)13-24-19(22)23-12-14-9-10-17(25-3)18(11-14)26-4/h5-11H,12-13H2,1-4H3,(H3,22,23,24). The molecule has 0 aliphatic heterocycles. The largest absolute Gasteiger partial charge is 0.493 e. The van der Waals surface area contributed by atoms with Crippen molar-refractivity contribution >= 4 is 5.96 Å². The van der Waals surface area contributed by atoms with Gasteiger partial charge in [-0.05, 0) is 29.3 Å². The Labute approximate surface area is 154 Å². The molecule has 0 unspecified atom stereocenters. The predicted octanol–water partition coefficient (Wildman–Crippen LogP) is 3.23. The molecule has 0 heterocycles. The summed E-state index contributed by atoms with van der Waals surface area (Å²) in [6, 6.07) is 12.4. The first-order valence-corrected chi connectivity index (χ1v) is 8.37. The molecule has 6 heteroatoms. The lowest BCUT2D eigenvalue weighted by Gasteiger charge is -2.26. The van der Waals surface area contributed by atoms with Crippen LogP contribution in [-0.2, 0) is 12.0 Å². The number of guanidine groups is 1. The highest BCUT2D eigenvalue weighted by Gasteiger charge is 2.23. The fourth-order valence-electron chi connectivity index (χ4n) is 2.63.